The smallest absolute Gasteiger partial charge is 0.358 e. The number of carbonyl (C=O) groups is 1. The maximum absolute atomic E-state index is 11.4. The Morgan fingerprint density at radius 2 is 2.15 bits per heavy atom. The van der Waals surface area contributed by atoms with Crippen LogP contribution in [0.1, 0.15) is 17.4 Å². The normalized spacial score (nSPS) is 10.1. The molecule has 0 aliphatic rings. The summed E-state index contributed by atoms with van der Waals surface area (Å²) in [4.78, 5) is 19.5. The van der Waals surface area contributed by atoms with Crippen LogP contribution in [0, 0.1) is 0 Å². The highest BCUT2D eigenvalue weighted by atomic mass is 16.5. The van der Waals surface area contributed by atoms with Crippen LogP contribution in [0.5, 0.6) is 11.5 Å². The van der Waals surface area contributed by atoms with Gasteiger partial charge in [0.05, 0.1) is 31.8 Å². The molecule has 1 aromatic heterocycles. The predicted molar refractivity (Wildman–Crippen MR) is 71.6 cm³/mol. The molecule has 0 bridgehead atoms. The van der Waals surface area contributed by atoms with E-state index in [1.54, 1.807) is 12.1 Å². The molecule has 0 spiro atoms. The molecule has 0 aliphatic carbocycles. The lowest BCUT2D eigenvalue weighted by molar-refractivity contribution is 0.0593. The van der Waals surface area contributed by atoms with Crippen LogP contribution in [0.25, 0.3) is 11.3 Å². The van der Waals surface area contributed by atoms with E-state index in [9.17, 15) is 9.90 Å². The number of nitrogens with zero attached hydrogens (tertiary/aromatic N) is 2. The number of aromatic hydroxyl groups is 1. The number of benzene rings is 1. The maximum Gasteiger partial charge on any atom is 0.358 e. The van der Waals surface area contributed by atoms with E-state index in [2.05, 4.69) is 14.7 Å². The number of aromatic nitrogens is 2. The topological polar surface area (TPSA) is 81.5 Å². The number of hydrogen-bond acceptors (Lipinski definition) is 6. The zero-order valence-corrected chi connectivity index (χ0v) is 11.2. The van der Waals surface area contributed by atoms with Crippen molar-refractivity contribution in [2.24, 2.45) is 0 Å². The average molecular weight is 274 g/mol. The molecule has 0 unspecified atom stereocenters. The van der Waals surface area contributed by atoms with Crippen molar-refractivity contribution in [1.82, 2.24) is 9.97 Å². The Morgan fingerprint density at radius 1 is 1.35 bits per heavy atom. The third-order valence-electron chi connectivity index (χ3n) is 2.59. The summed E-state index contributed by atoms with van der Waals surface area (Å²) in [7, 11) is 1.27. The molecule has 0 aliphatic heterocycles. The zero-order valence-electron chi connectivity index (χ0n) is 11.2. The van der Waals surface area contributed by atoms with Gasteiger partial charge < -0.3 is 14.6 Å². The van der Waals surface area contributed by atoms with Gasteiger partial charge in [0.1, 0.15) is 11.5 Å². The van der Waals surface area contributed by atoms with Crippen LogP contribution in [0.4, 0.5) is 0 Å². The monoisotopic (exact) mass is 274 g/mol. The number of ether oxygens (including phenoxy) is 2. The third-order valence-corrected chi connectivity index (χ3v) is 2.59. The molecule has 2 rings (SSSR count). The van der Waals surface area contributed by atoms with Gasteiger partial charge in [-0.1, -0.05) is 0 Å². The van der Waals surface area contributed by atoms with Gasteiger partial charge in [-0.2, -0.15) is 0 Å². The van der Waals surface area contributed by atoms with E-state index in [0.29, 0.717) is 23.6 Å². The Labute approximate surface area is 116 Å². The van der Waals surface area contributed by atoms with Gasteiger partial charge >= 0.3 is 5.97 Å². The Kier molecular flexibility index (Phi) is 4.14. The van der Waals surface area contributed by atoms with Crippen LogP contribution in [0.15, 0.2) is 30.6 Å². The molecule has 0 atom stereocenters. The second kappa shape index (κ2) is 6.01. The molecule has 6 heteroatoms. The second-order valence-corrected chi connectivity index (χ2v) is 3.89. The summed E-state index contributed by atoms with van der Waals surface area (Å²) in [6.07, 6.45) is 2.77. The fourth-order valence-corrected chi connectivity index (χ4v) is 1.68. The first kappa shape index (κ1) is 13.8. The quantitative estimate of drug-likeness (QED) is 0.859. The summed E-state index contributed by atoms with van der Waals surface area (Å²) >= 11 is 0. The number of hydrogen-bond donors (Lipinski definition) is 1. The maximum atomic E-state index is 11.4. The highest BCUT2D eigenvalue weighted by Crippen LogP contribution is 2.31. The van der Waals surface area contributed by atoms with Crippen molar-refractivity contribution >= 4 is 5.97 Å². The molecule has 1 aromatic carbocycles. The fourth-order valence-electron chi connectivity index (χ4n) is 1.68. The molecule has 2 aromatic rings. The lowest BCUT2D eigenvalue weighted by Gasteiger charge is -2.08. The van der Waals surface area contributed by atoms with Crippen molar-refractivity contribution in [3.05, 3.63) is 36.3 Å². The van der Waals surface area contributed by atoms with Crippen molar-refractivity contribution in [1.29, 1.82) is 0 Å². The Morgan fingerprint density at radius 3 is 2.80 bits per heavy atom. The molecule has 20 heavy (non-hydrogen) atoms. The van der Waals surface area contributed by atoms with Gasteiger partial charge in [0, 0.05) is 11.6 Å². The number of methoxy groups -OCH3 is 1. The molecular formula is C14H14N2O4. The summed E-state index contributed by atoms with van der Waals surface area (Å²) in [5.74, 6) is -0.0112. The molecule has 1 heterocycles. The first-order chi connectivity index (χ1) is 9.65. The highest BCUT2D eigenvalue weighted by Gasteiger charge is 2.12. The van der Waals surface area contributed by atoms with Gasteiger partial charge in [-0.15, -0.1) is 0 Å². The van der Waals surface area contributed by atoms with Crippen molar-refractivity contribution in [3.8, 4) is 22.8 Å². The largest absolute Gasteiger partial charge is 0.507 e. The summed E-state index contributed by atoms with van der Waals surface area (Å²) in [6, 6.07) is 4.86. The van der Waals surface area contributed by atoms with E-state index < -0.39 is 5.97 Å². The lowest BCUT2D eigenvalue weighted by Crippen LogP contribution is -2.05. The van der Waals surface area contributed by atoms with Gasteiger partial charge in [0.25, 0.3) is 0 Å². The minimum absolute atomic E-state index is 0.00673. The van der Waals surface area contributed by atoms with Crippen LogP contribution in [0.2, 0.25) is 0 Å². The van der Waals surface area contributed by atoms with Crippen LogP contribution >= 0.6 is 0 Å². The Hall–Kier alpha value is -2.63. The van der Waals surface area contributed by atoms with Crippen LogP contribution in [-0.2, 0) is 4.74 Å². The Bertz CT molecular complexity index is 628. The number of carbonyl (C=O) groups excluding carboxylic acids is 1. The first-order valence-corrected chi connectivity index (χ1v) is 6.02. The van der Waals surface area contributed by atoms with E-state index in [0.717, 1.165) is 0 Å². The van der Waals surface area contributed by atoms with Crippen molar-refractivity contribution in [2.75, 3.05) is 13.7 Å². The van der Waals surface area contributed by atoms with E-state index in [-0.39, 0.29) is 11.4 Å². The average Bonchev–Trinajstić information content (AvgIpc) is 2.47. The van der Waals surface area contributed by atoms with E-state index in [1.807, 2.05) is 6.92 Å². The molecular weight excluding hydrogens is 260 g/mol. The molecule has 1 N–H and O–H groups in total. The van der Waals surface area contributed by atoms with Gasteiger partial charge in [0.2, 0.25) is 0 Å². The summed E-state index contributed by atoms with van der Waals surface area (Å²) < 4.78 is 9.87. The van der Waals surface area contributed by atoms with Gasteiger partial charge in [0.15, 0.2) is 5.69 Å². The summed E-state index contributed by atoms with van der Waals surface area (Å²) in [5, 5.41) is 9.99. The number of phenolic OH excluding ortho intramolecular Hbond substituents is 1. The number of rotatable bonds is 4. The van der Waals surface area contributed by atoms with Gasteiger partial charge in [-0.3, -0.25) is 4.98 Å². The Balaban J connectivity index is 2.38. The van der Waals surface area contributed by atoms with Crippen molar-refractivity contribution < 1.29 is 19.4 Å². The number of esters is 1. The minimum Gasteiger partial charge on any atom is -0.507 e. The summed E-state index contributed by atoms with van der Waals surface area (Å²) in [5.41, 5.74) is 0.929. The van der Waals surface area contributed by atoms with Crippen LogP contribution < -0.4 is 4.74 Å². The van der Waals surface area contributed by atoms with Crippen LogP contribution in [-0.4, -0.2) is 34.8 Å². The van der Waals surface area contributed by atoms with Gasteiger partial charge in [-0.05, 0) is 19.1 Å². The molecule has 0 fully saturated rings. The van der Waals surface area contributed by atoms with Gasteiger partial charge in [-0.25, -0.2) is 9.78 Å². The standard InChI is InChI=1S/C14H14N2O4/c1-3-20-9-4-5-10(13(17)6-9)11-7-15-8-12(16-11)14(18)19-2/h4-8,17H,3H2,1-2H3. The first-order valence-electron chi connectivity index (χ1n) is 6.02. The zero-order chi connectivity index (χ0) is 14.5. The predicted octanol–water partition coefficient (Wildman–Crippen LogP) is 2.03. The van der Waals surface area contributed by atoms with Crippen molar-refractivity contribution in [2.45, 2.75) is 6.92 Å². The van der Waals surface area contributed by atoms with Crippen molar-refractivity contribution in [3.63, 3.8) is 0 Å². The lowest BCUT2D eigenvalue weighted by atomic mass is 10.1. The van der Waals surface area contributed by atoms with E-state index in [4.69, 9.17) is 4.74 Å². The third kappa shape index (κ3) is 2.85. The molecule has 0 saturated heterocycles. The molecule has 0 amide bonds. The highest BCUT2D eigenvalue weighted by molar-refractivity contribution is 5.87. The summed E-state index contributed by atoms with van der Waals surface area (Å²) in [6.45, 7) is 2.37. The molecule has 0 saturated carbocycles. The van der Waals surface area contributed by atoms with E-state index >= 15 is 0 Å². The SMILES string of the molecule is CCOc1ccc(-c2cncc(C(=O)OC)n2)c(O)c1. The minimum atomic E-state index is -0.579. The fraction of sp³-hybridized carbons (Fsp3) is 0.214. The van der Waals surface area contributed by atoms with E-state index in [1.165, 1.54) is 25.6 Å². The molecule has 104 valence electrons. The van der Waals surface area contributed by atoms with Crippen LogP contribution in [0.3, 0.4) is 0 Å². The second-order valence-electron chi connectivity index (χ2n) is 3.89. The molecule has 0 radical (unpaired) electrons. The number of phenols is 1. The molecule has 6 nitrogen and oxygen atoms in total.